The molecule has 12 heavy (non-hydrogen) atoms. The van der Waals surface area contributed by atoms with E-state index < -0.39 is 5.66 Å². The van der Waals surface area contributed by atoms with Gasteiger partial charge in [0.05, 0.1) is 5.66 Å². The topological polar surface area (TPSA) is 52.0 Å². The van der Waals surface area contributed by atoms with E-state index in [1.54, 1.807) is 0 Å². The lowest BCUT2D eigenvalue weighted by molar-refractivity contribution is 0.115. The lowest BCUT2D eigenvalue weighted by atomic mass is 9.70. The van der Waals surface area contributed by atoms with E-state index in [-0.39, 0.29) is 0 Å². The highest BCUT2D eigenvalue weighted by molar-refractivity contribution is 4.92. The molecule has 0 amide bonds. The smallest absolute Gasteiger partial charge is 0.0670 e. The summed E-state index contributed by atoms with van der Waals surface area (Å²) in [5, 5.41) is 0. The van der Waals surface area contributed by atoms with Crippen LogP contribution in [0.5, 0.6) is 0 Å². The van der Waals surface area contributed by atoms with Gasteiger partial charge < -0.3 is 11.5 Å². The molecule has 1 aliphatic carbocycles. The summed E-state index contributed by atoms with van der Waals surface area (Å²) >= 11 is 0. The van der Waals surface area contributed by atoms with Crippen LogP contribution in [0.15, 0.2) is 0 Å². The molecule has 0 aromatic carbocycles. The molecular formula is C10H22N2. The van der Waals surface area contributed by atoms with Gasteiger partial charge in [0, 0.05) is 0 Å². The van der Waals surface area contributed by atoms with Crippen LogP contribution in [0.4, 0.5) is 0 Å². The largest absolute Gasteiger partial charge is 0.313 e. The number of rotatable bonds is 1. The molecule has 0 aromatic heterocycles. The average Bonchev–Trinajstić information content (AvgIpc) is 1.82. The Morgan fingerprint density at radius 2 is 1.83 bits per heavy atom. The van der Waals surface area contributed by atoms with Gasteiger partial charge in [-0.3, -0.25) is 0 Å². The first-order chi connectivity index (χ1) is 5.43. The Morgan fingerprint density at radius 3 is 2.25 bits per heavy atom. The normalized spacial score (nSPS) is 35.5. The molecule has 0 aromatic rings. The maximum absolute atomic E-state index is 6.09. The van der Waals surface area contributed by atoms with Gasteiger partial charge in [-0.2, -0.15) is 0 Å². The molecule has 4 N–H and O–H groups in total. The van der Waals surface area contributed by atoms with Crippen LogP contribution in [-0.2, 0) is 0 Å². The molecule has 1 fully saturated rings. The van der Waals surface area contributed by atoms with E-state index in [0.29, 0.717) is 17.8 Å². The Bertz CT molecular complexity index is 152. The van der Waals surface area contributed by atoms with Crippen molar-refractivity contribution in [2.45, 2.75) is 45.7 Å². The molecule has 0 bridgehead atoms. The van der Waals surface area contributed by atoms with E-state index in [2.05, 4.69) is 20.8 Å². The fourth-order valence-electron chi connectivity index (χ4n) is 2.54. The SMILES string of the molecule is CC1CCC(C(C)C)C(N)(N)C1. The van der Waals surface area contributed by atoms with Crippen LogP contribution in [0.25, 0.3) is 0 Å². The van der Waals surface area contributed by atoms with Crippen molar-refractivity contribution in [3.63, 3.8) is 0 Å². The van der Waals surface area contributed by atoms with Crippen molar-refractivity contribution < 1.29 is 0 Å². The van der Waals surface area contributed by atoms with Crippen molar-refractivity contribution in [3.05, 3.63) is 0 Å². The average molecular weight is 170 g/mol. The number of nitrogens with two attached hydrogens (primary N) is 2. The molecule has 0 radical (unpaired) electrons. The van der Waals surface area contributed by atoms with Crippen molar-refractivity contribution in [3.8, 4) is 0 Å². The minimum atomic E-state index is -0.411. The number of hydrogen-bond acceptors (Lipinski definition) is 2. The molecule has 2 heteroatoms. The van der Waals surface area contributed by atoms with Gasteiger partial charge in [0.15, 0.2) is 0 Å². The van der Waals surface area contributed by atoms with Crippen LogP contribution in [-0.4, -0.2) is 5.66 Å². The van der Waals surface area contributed by atoms with Crippen LogP contribution >= 0.6 is 0 Å². The van der Waals surface area contributed by atoms with E-state index in [4.69, 9.17) is 11.5 Å². The standard InChI is InChI=1S/C10H22N2/c1-7(2)9-5-4-8(3)6-10(9,11)12/h7-9H,4-6,11-12H2,1-3H3. The highest BCUT2D eigenvalue weighted by atomic mass is 15.0. The van der Waals surface area contributed by atoms with Gasteiger partial charge in [-0.05, 0) is 30.6 Å². The zero-order chi connectivity index (χ0) is 9.35. The second-order valence-corrected chi connectivity index (χ2v) is 4.85. The minimum absolute atomic E-state index is 0.411. The van der Waals surface area contributed by atoms with Crippen LogP contribution in [0.3, 0.4) is 0 Å². The lowest BCUT2D eigenvalue weighted by Crippen LogP contribution is -2.59. The van der Waals surface area contributed by atoms with Gasteiger partial charge >= 0.3 is 0 Å². The highest BCUT2D eigenvalue weighted by Crippen LogP contribution is 2.36. The van der Waals surface area contributed by atoms with E-state index in [1.807, 2.05) is 0 Å². The monoisotopic (exact) mass is 170 g/mol. The fraction of sp³-hybridized carbons (Fsp3) is 1.00. The lowest BCUT2D eigenvalue weighted by Gasteiger charge is -2.43. The molecule has 1 saturated carbocycles. The third kappa shape index (κ3) is 1.99. The van der Waals surface area contributed by atoms with Crippen LogP contribution in [0, 0.1) is 17.8 Å². The molecule has 2 nitrogen and oxygen atoms in total. The molecule has 2 unspecified atom stereocenters. The molecule has 0 saturated heterocycles. The summed E-state index contributed by atoms with van der Waals surface area (Å²) in [6, 6.07) is 0. The summed E-state index contributed by atoms with van der Waals surface area (Å²) in [5.74, 6) is 1.83. The van der Waals surface area contributed by atoms with Crippen molar-refractivity contribution in [1.82, 2.24) is 0 Å². The van der Waals surface area contributed by atoms with Gasteiger partial charge in [-0.15, -0.1) is 0 Å². The molecule has 1 aliphatic rings. The second-order valence-electron chi connectivity index (χ2n) is 4.85. The van der Waals surface area contributed by atoms with E-state index in [9.17, 15) is 0 Å². The van der Waals surface area contributed by atoms with Gasteiger partial charge in [0.25, 0.3) is 0 Å². The summed E-state index contributed by atoms with van der Waals surface area (Å²) in [6.07, 6.45) is 3.47. The van der Waals surface area contributed by atoms with Gasteiger partial charge in [0.2, 0.25) is 0 Å². The summed E-state index contributed by atoms with van der Waals surface area (Å²) in [5.41, 5.74) is 11.8. The zero-order valence-corrected chi connectivity index (χ0v) is 8.51. The Balaban J connectivity index is 2.64. The predicted molar refractivity (Wildman–Crippen MR) is 52.4 cm³/mol. The molecule has 72 valence electrons. The quantitative estimate of drug-likeness (QED) is 0.588. The fourth-order valence-corrected chi connectivity index (χ4v) is 2.54. The van der Waals surface area contributed by atoms with E-state index >= 15 is 0 Å². The molecule has 0 spiro atoms. The highest BCUT2D eigenvalue weighted by Gasteiger charge is 2.37. The van der Waals surface area contributed by atoms with Crippen molar-refractivity contribution in [2.24, 2.45) is 29.2 Å². The second kappa shape index (κ2) is 3.35. The van der Waals surface area contributed by atoms with Crippen molar-refractivity contribution in [1.29, 1.82) is 0 Å². The van der Waals surface area contributed by atoms with Crippen molar-refractivity contribution >= 4 is 0 Å². The third-order valence-electron chi connectivity index (χ3n) is 3.17. The Kier molecular flexibility index (Phi) is 2.79. The van der Waals surface area contributed by atoms with E-state index in [1.165, 1.54) is 12.8 Å². The summed E-state index contributed by atoms with van der Waals surface area (Å²) in [6.45, 7) is 6.68. The predicted octanol–water partition coefficient (Wildman–Crippen LogP) is 1.69. The molecule has 2 atom stereocenters. The van der Waals surface area contributed by atoms with Crippen LogP contribution in [0.1, 0.15) is 40.0 Å². The maximum atomic E-state index is 6.09. The summed E-state index contributed by atoms with van der Waals surface area (Å²) < 4.78 is 0. The zero-order valence-electron chi connectivity index (χ0n) is 8.51. The summed E-state index contributed by atoms with van der Waals surface area (Å²) in [4.78, 5) is 0. The Morgan fingerprint density at radius 1 is 1.25 bits per heavy atom. The summed E-state index contributed by atoms with van der Waals surface area (Å²) in [7, 11) is 0. The first kappa shape index (κ1) is 10.0. The molecule has 0 heterocycles. The third-order valence-corrected chi connectivity index (χ3v) is 3.17. The van der Waals surface area contributed by atoms with Gasteiger partial charge in [0.1, 0.15) is 0 Å². The molecular weight excluding hydrogens is 148 g/mol. The Hall–Kier alpha value is -0.0800. The molecule has 0 aliphatic heterocycles. The first-order valence-electron chi connectivity index (χ1n) is 5.01. The first-order valence-corrected chi connectivity index (χ1v) is 5.01. The maximum Gasteiger partial charge on any atom is 0.0670 e. The molecule has 1 rings (SSSR count). The van der Waals surface area contributed by atoms with Gasteiger partial charge in [-0.1, -0.05) is 27.2 Å². The number of hydrogen-bond donors (Lipinski definition) is 2. The minimum Gasteiger partial charge on any atom is -0.313 e. The van der Waals surface area contributed by atoms with Crippen molar-refractivity contribution in [2.75, 3.05) is 0 Å². The van der Waals surface area contributed by atoms with Crippen LogP contribution < -0.4 is 11.5 Å². The Labute approximate surface area is 75.7 Å². The van der Waals surface area contributed by atoms with E-state index in [0.717, 1.165) is 6.42 Å². The van der Waals surface area contributed by atoms with Gasteiger partial charge in [-0.25, -0.2) is 0 Å². The van der Waals surface area contributed by atoms with Crippen LogP contribution in [0.2, 0.25) is 0 Å².